The Morgan fingerprint density at radius 2 is 1.79 bits per heavy atom. The van der Waals surface area contributed by atoms with Crippen LogP contribution >= 0.6 is 0 Å². The number of likely N-dealkylation sites (tertiary alicyclic amines) is 2. The molecule has 1 unspecified atom stereocenters. The molecule has 4 rings (SSSR count). The molecule has 2 heterocycles. The normalized spacial score (nSPS) is 18.8. The highest BCUT2D eigenvalue weighted by Gasteiger charge is 2.29. The number of nitrogens with zero attached hydrogens (tertiary/aromatic N) is 2. The summed E-state index contributed by atoms with van der Waals surface area (Å²) >= 11 is 0. The number of amides is 3. The molecule has 1 atom stereocenters. The first-order valence-electron chi connectivity index (χ1n) is 11.9. The van der Waals surface area contributed by atoms with Crippen molar-refractivity contribution in [3.8, 4) is 0 Å². The van der Waals surface area contributed by atoms with Crippen LogP contribution in [-0.2, 0) is 16.1 Å². The van der Waals surface area contributed by atoms with Crippen molar-refractivity contribution in [3.05, 3.63) is 64.7 Å². The third-order valence-corrected chi connectivity index (χ3v) is 6.54. The third-order valence-electron chi connectivity index (χ3n) is 6.54. The molecule has 2 aliphatic rings. The van der Waals surface area contributed by atoms with Gasteiger partial charge in [0.2, 0.25) is 11.8 Å². The van der Waals surface area contributed by atoms with Crippen LogP contribution in [0.15, 0.2) is 42.5 Å². The Balaban J connectivity index is 1.38. The van der Waals surface area contributed by atoms with Crippen LogP contribution in [0.2, 0.25) is 0 Å². The molecule has 2 aliphatic heterocycles. The first kappa shape index (κ1) is 23.0. The van der Waals surface area contributed by atoms with Gasteiger partial charge in [-0.05, 0) is 69.4 Å². The largest absolute Gasteiger partial charge is 0.338 e. The van der Waals surface area contributed by atoms with Crippen LogP contribution in [-0.4, -0.2) is 47.2 Å². The minimum Gasteiger partial charge on any atom is -0.338 e. The van der Waals surface area contributed by atoms with Crippen molar-refractivity contribution in [1.29, 1.82) is 0 Å². The van der Waals surface area contributed by atoms with Gasteiger partial charge in [-0.3, -0.25) is 14.4 Å². The monoisotopic (exact) mass is 447 g/mol. The van der Waals surface area contributed by atoms with Crippen LogP contribution in [0, 0.1) is 19.8 Å². The quantitative estimate of drug-likeness (QED) is 0.743. The van der Waals surface area contributed by atoms with Gasteiger partial charge in [0.05, 0.1) is 5.92 Å². The zero-order chi connectivity index (χ0) is 23.4. The summed E-state index contributed by atoms with van der Waals surface area (Å²) < 4.78 is 0. The van der Waals surface area contributed by atoms with E-state index in [-0.39, 0.29) is 23.6 Å². The summed E-state index contributed by atoms with van der Waals surface area (Å²) in [7, 11) is 0. The number of carbonyl (C=O) groups excluding carboxylic acids is 3. The first-order valence-corrected chi connectivity index (χ1v) is 11.9. The lowest BCUT2D eigenvalue weighted by Gasteiger charge is -2.32. The molecule has 33 heavy (non-hydrogen) atoms. The summed E-state index contributed by atoms with van der Waals surface area (Å²) in [4.78, 5) is 41.9. The van der Waals surface area contributed by atoms with Crippen molar-refractivity contribution in [2.45, 2.75) is 52.5 Å². The summed E-state index contributed by atoms with van der Waals surface area (Å²) in [5, 5.41) is 3.04. The lowest BCUT2D eigenvalue weighted by atomic mass is 9.96. The van der Waals surface area contributed by atoms with Crippen LogP contribution in [0.5, 0.6) is 0 Å². The molecular formula is C27H33N3O3. The molecule has 2 aromatic carbocycles. The second-order valence-electron chi connectivity index (χ2n) is 9.43. The van der Waals surface area contributed by atoms with Gasteiger partial charge in [0.25, 0.3) is 5.91 Å². The molecule has 2 aromatic rings. The number of carbonyl (C=O) groups is 3. The van der Waals surface area contributed by atoms with Crippen LogP contribution < -0.4 is 5.32 Å². The van der Waals surface area contributed by atoms with Crippen LogP contribution in [0.3, 0.4) is 0 Å². The lowest BCUT2D eigenvalue weighted by Crippen LogP contribution is -2.43. The Bertz CT molecular complexity index is 1030. The van der Waals surface area contributed by atoms with E-state index in [1.807, 2.05) is 55.1 Å². The molecule has 0 radical (unpaired) electrons. The second kappa shape index (κ2) is 10.2. The SMILES string of the molecule is Cc1cc(C)cc(C(=O)N2CCCC(C(=O)Nc3cccc(CN4CCCCC4=O)c3)C2)c1. The van der Waals surface area contributed by atoms with E-state index >= 15 is 0 Å². The fourth-order valence-electron chi connectivity index (χ4n) is 4.90. The number of hydrogen-bond acceptors (Lipinski definition) is 3. The maximum absolute atomic E-state index is 13.1. The molecule has 2 fully saturated rings. The molecule has 0 aliphatic carbocycles. The van der Waals surface area contributed by atoms with E-state index in [0.717, 1.165) is 54.6 Å². The van der Waals surface area contributed by atoms with Crippen LogP contribution in [0.25, 0.3) is 0 Å². The average Bonchev–Trinajstić information content (AvgIpc) is 2.80. The van der Waals surface area contributed by atoms with Gasteiger partial charge in [0.15, 0.2) is 0 Å². The Labute approximate surface area is 196 Å². The van der Waals surface area contributed by atoms with Crippen LogP contribution in [0.1, 0.15) is 59.2 Å². The Hall–Kier alpha value is -3.15. The minimum atomic E-state index is -0.235. The van der Waals surface area contributed by atoms with Crippen molar-refractivity contribution >= 4 is 23.4 Å². The predicted molar refractivity (Wildman–Crippen MR) is 129 cm³/mol. The van der Waals surface area contributed by atoms with E-state index < -0.39 is 0 Å². The number of rotatable bonds is 5. The summed E-state index contributed by atoms with van der Waals surface area (Å²) in [6.45, 7) is 6.46. The average molecular weight is 448 g/mol. The highest BCUT2D eigenvalue weighted by molar-refractivity contribution is 5.96. The van der Waals surface area contributed by atoms with Gasteiger partial charge in [0.1, 0.15) is 0 Å². The smallest absolute Gasteiger partial charge is 0.253 e. The maximum Gasteiger partial charge on any atom is 0.253 e. The van der Waals surface area contributed by atoms with Gasteiger partial charge < -0.3 is 15.1 Å². The number of nitrogens with one attached hydrogen (secondary N) is 1. The second-order valence-corrected chi connectivity index (χ2v) is 9.43. The topological polar surface area (TPSA) is 69.7 Å². The number of piperidine rings is 2. The van der Waals surface area contributed by atoms with E-state index in [0.29, 0.717) is 31.6 Å². The van der Waals surface area contributed by atoms with E-state index in [9.17, 15) is 14.4 Å². The fraction of sp³-hybridized carbons (Fsp3) is 0.444. The highest BCUT2D eigenvalue weighted by atomic mass is 16.2. The zero-order valence-electron chi connectivity index (χ0n) is 19.6. The van der Waals surface area contributed by atoms with Gasteiger partial charge >= 0.3 is 0 Å². The summed E-state index contributed by atoms with van der Waals surface area (Å²) in [5.41, 5.74) is 4.57. The summed E-state index contributed by atoms with van der Waals surface area (Å²) in [6, 6.07) is 13.6. The lowest BCUT2D eigenvalue weighted by molar-refractivity contribution is -0.133. The molecule has 0 bridgehead atoms. The molecule has 0 spiro atoms. The van der Waals surface area contributed by atoms with Crippen molar-refractivity contribution in [2.75, 3.05) is 25.0 Å². The Morgan fingerprint density at radius 1 is 1.00 bits per heavy atom. The number of hydrogen-bond donors (Lipinski definition) is 1. The van der Waals surface area contributed by atoms with Crippen molar-refractivity contribution < 1.29 is 14.4 Å². The van der Waals surface area contributed by atoms with E-state index in [1.54, 1.807) is 4.90 Å². The van der Waals surface area contributed by atoms with Gasteiger partial charge in [-0.1, -0.05) is 29.3 Å². The maximum atomic E-state index is 13.1. The molecular weight excluding hydrogens is 414 g/mol. The molecule has 1 N–H and O–H groups in total. The number of anilines is 1. The molecule has 6 heteroatoms. The molecule has 2 saturated heterocycles. The van der Waals surface area contributed by atoms with E-state index in [1.165, 1.54) is 0 Å². The fourth-order valence-corrected chi connectivity index (χ4v) is 4.90. The predicted octanol–water partition coefficient (Wildman–Crippen LogP) is 4.31. The van der Waals surface area contributed by atoms with Gasteiger partial charge in [-0.2, -0.15) is 0 Å². The minimum absolute atomic E-state index is 0.00695. The molecule has 0 saturated carbocycles. The van der Waals surface area contributed by atoms with E-state index in [4.69, 9.17) is 0 Å². The number of aryl methyl sites for hydroxylation is 2. The Kier molecular flexibility index (Phi) is 7.11. The van der Waals surface area contributed by atoms with Crippen LogP contribution in [0.4, 0.5) is 5.69 Å². The van der Waals surface area contributed by atoms with Crippen molar-refractivity contribution in [2.24, 2.45) is 5.92 Å². The van der Waals surface area contributed by atoms with Crippen molar-refractivity contribution in [3.63, 3.8) is 0 Å². The highest BCUT2D eigenvalue weighted by Crippen LogP contribution is 2.23. The first-order chi connectivity index (χ1) is 15.9. The standard InChI is InChI=1S/C27H33N3O3/c1-19-13-20(2)15-23(14-19)27(33)30-12-6-8-22(18-30)26(32)28-24-9-5-7-21(16-24)17-29-11-4-3-10-25(29)31/h5,7,9,13-16,22H,3-4,6,8,10-12,17-18H2,1-2H3,(H,28,32). The van der Waals surface area contributed by atoms with Gasteiger partial charge in [-0.15, -0.1) is 0 Å². The summed E-state index contributed by atoms with van der Waals surface area (Å²) in [6.07, 6.45) is 4.21. The zero-order valence-corrected chi connectivity index (χ0v) is 19.6. The summed E-state index contributed by atoms with van der Waals surface area (Å²) in [5.74, 6) is -0.0981. The Morgan fingerprint density at radius 3 is 2.55 bits per heavy atom. The molecule has 3 amide bonds. The molecule has 6 nitrogen and oxygen atoms in total. The van der Waals surface area contributed by atoms with Gasteiger partial charge in [-0.25, -0.2) is 0 Å². The third kappa shape index (κ3) is 5.81. The number of benzene rings is 2. The van der Waals surface area contributed by atoms with Crippen molar-refractivity contribution in [1.82, 2.24) is 9.80 Å². The molecule has 0 aromatic heterocycles. The molecule has 174 valence electrons. The van der Waals surface area contributed by atoms with Gasteiger partial charge in [0, 0.05) is 43.9 Å². The van der Waals surface area contributed by atoms with E-state index in [2.05, 4.69) is 11.4 Å².